The van der Waals surface area contributed by atoms with E-state index in [1.54, 1.807) is 23.9 Å². The average molecular weight is 290 g/mol. The Kier molecular flexibility index (Phi) is 5.62. The van der Waals surface area contributed by atoms with Gasteiger partial charge in [0.2, 0.25) is 0 Å². The zero-order chi connectivity index (χ0) is 14.4. The molecule has 0 saturated carbocycles. The first kappa shape index (κ1) is 15.1. The van der Waals surface area contributed by atoms with Gasteiger partial charge in [0.25, 0.3) is 0 Å². The van der Waals surface area contributed by atoms with Crippen molar-refractivity contribution in [1.29, 1.82) is 0 Å². The zero-order valence-corrected chi connectivity index (χ0v) is 12.4. The topological polar surface area (TPSA) is 20.2 Å². The number of aryl methyl sites for hydroxylation is 1. The molecular formula is C17H19FOS. The SMILES string of the molecule is CCc1ccc(CC(O)CSc2ccc(F)cc2)cc1. The van der Waals surface area contributed by atoms with Gasteiger partial charge in [-0.1, -0.05) is 31.2 Å². The molecule has 2 rings (SSSR count). The lowest BCUT2D eigenvalue weighted by molar-refractivity contribution is 0.200. The molecule has 1 N–H and O–H groups in total. The summed E-state index contributed by atoms with van der Waals surface area (Å²) in [6.07, 6.45) is 1.29. The second-order valence-corrected chi connectivity index (χ2v) is 5.89. The van der Waals surface area contributed by atoms with E-state index < -0.39 is 6.10 Å². The smallest absolute Gasteiger partial charge is 0.123 e. The Morgan fingerprint density at radius 1 is 1.00 bits per heavy atom. The molecule has 1 nitrogen and oxygen atoms in total. The first-order valence-electron chi connectivity index (χ1n) is 6.81. The number of aliphatic hydroxyl groups excluding tert-OH is 1. The van der Waals surface area contributed by atoms with E-state index in [1.165, 1.54) is 17.7 Å². The lowest BCUT2D eigenvalue weighted by Crippen LogP contribution is -2.13. The van der Waals surface area contributed by atoms with Crippen molar-refractivity contribution in [3.8, 4) is 0 Å². The molecule has 106 valence electrons. The van der Waals surface area contributed by atoms with E-state index in [0.717, 1.165) is 16.9 Å². The Labute approximate surface area is 123 Å². The fourth-order valence-corrected chi connectivity index (χ4v) is 2.80. The maximum Gasteiger partial charge on any atom is 0.123 e. The molecule has 1 unspecified atom stereocenters. The van der Waals surface area contributed by atoms with Gasteiger partial charge in [0.15, 0.2) is 0 Å². The molecule has 2 aromatic carbocycles. The number of thioether (sulfide) groups is 1. The number of aliphatic hydroxyl groups is 1. The predicted octanol–water partition coefficient (Wildman–Crippen LogP) is 4.08. The molecule has 0 radical (unpaired) electrons. The summed E-state index contributed by atoms with van der Waals surface area (Å²) in [4.78, 5) is 0.979. The predicted molar refractivity (Wildman–Crippen MR) is 82.7 cm³/mol. The third-order valence-corrected chi connectivity index (χ3v) is 4.32. The van der Waals surface area contributed by atoms with E-state index >= 15 is 0 Å². The van der Waals surface area contributed by atoms with Crippen molar-refractivity contribution >= 4 is 11.8 Å². The first-order valence-corrected chi connectivity index (χ1v) is 7.80. The van der Waals surface area contributed by atoms with Crippen LogP contribution in [-0.4, -0.2) is 17.0 Å². The highest BCUT2D eigenvalue weighted by Crippen LogP contribution is 2.20. The Morgan fingerprint density at radius 3 is 2.20 bits per heavy atom. The summed E-state index contributed by atoms with van der Waals surface area (Å²) in [6.45, 7) is 2.13. The highest BCUT2D eigenvalue weighted by molar-refractivity contribution is 7.99. The van der Waals surface area contributed by atoms with Gasteiger partial charge in [-0.15, -0.1) is 11.8 Å². The van der Waals surface area contributed by atoms with Crippen LogP contribution in [0, 0.1) is 5.82 Å². The maximum absolute atomic E-state index is 12.8. The van der Waals surface area contributed by atoms with Crippen LogP contribution in [0.3, 0.4) is 0 Å². The van der Waals surface area contributed by atoms with Crippen molar-refractivity contribution in [2.45, 2.75) is 30.8 Å². The summed E-state index contributed by atoms with van der Waals surface area (Å²) in [7, 11) is 0. The van der Waals surface area contributed by atoms with Gasteiger partial charge in [-0.2, -0.15) is 0 Å². The molecule has 0 aliphatic rings. The largest absolute Gasteiger partial charge is 0.392 e. The summed E-state index contributed by atoms with van der Waals surface area (Å²) in [5, 5.41) is 10.1. The van der Waals surface area contributed by atoms with Gasteiger partial charge in [0, 0.05) is 10.6 Å². The quantitative estimate of drug-likeness (QED) is 0.809. The molecule has 20 heavy (non-hydrogen) atoms. The minimum atomic E-state index is -0.391. The van der Waals surface area contributed by atoms with Gasteiger partial charge in [0.05, 0.1) is 6.10 Å². The monoisotopic (exact) mass is 290 g/mol. The van der Waals surface area contributed by atoms with Gasteiger partial charge < -0.3 is 5.11 Å². The maximum atomic E-state index is 12.8. The summed E-state index contributed by atoms with van der Waals surface area (Å²) in [5.41, 5.74) is 2.46. The van der Waals surface area contributed by atoms with Crippen LogP contribution in [0.5, 0.6) is 0 Å². The first-order chi connectivity index (χ1) is 9.67. The van der Waals surface area contributed by atoms with Gasteiger partial charge in [0.1, 0.15) is 5.82 Å². The Bertz CT molecular complexity index is 522. The van der Waals surface area contributed by atoms with Gasteiger partial charge >= 0.3 is 0 Å². The molecule has 0 aliphatic carbocycles. The van der Waals surface area contributed by atoms with E-state index in [2.05, 4.69) is 31.2 Å². The number of rotatable bonds is 6. The molecule has 0 bridgehead atoms. The van der Waals surface area contributed by atoms with Crippen LogP contribution in [-0.2, 0) is 12.8 Å². The Morgan fingerprint density at radius 2 is 1.60 bits per heavy atom. The van der Waals surface area contributed by atoms with Gasteiger partial charge in [-0.3, -0.25) is 0 Å². The molecule has 0 amide bonds. The Balaban J connectivity index is 1.82. The van der Waals surface area contributed by atoms with E-state index in [-0.39, 0.29) is 5.82 Å². The van der Waals surface area contributed by atoms with Crippen LogP contribution < -0.4 is 0 Å². The Hall–Kier alpha value is -1.32. The van der Waals surface area contributed by atoms with Crippen LogP contribution in [0.1, 0.15) is 18.1 Å². The lowest BCUT2D eigenvalue weighted by atomic mass is 10.1. The molecule has 0 heterocycles. The number of hydrogen-bond acceptors (Lipinski definition) is 2. The van der Waals surface area contributed by atoms with E-state index in [4.69, 9.17) is 0 Å². The van der Waals surface area contributed by atoms with Crippen LogP contribution in [0.25, 0.3) is 0 Å². The molecule has 3 heteroatoms. The fourth-order valence-electron chi connectivity index (χ4n) is 1.97. The summed E-state index contributed by atoms with van der Waals surface area (Å²) in [6, 6.07) is 14.7. The average Bonchev–Trinajstić information content (AvgIpc) is 2.47. The van der Waals surface area contributed by atoms with E-state index in [0.29, 0.717) is 12.2 Å². The highest BCUT2D eigenvalue weighted by atomic mass is 32.2. The second-order valence-electron chi connectivity index (χ2n) is 4.79. The number of hydrogen-bond donors (Lipinski definition) is 1. The van der Waals surface area contributed by atoms with Crippen LogP contribution >= 0.6 is 11.8 Å². The van der Waals surface area contributed by atoms with Gasteiger partial charge in [-0.25, -0.2) is 4.39 Å². The van der Waals surface area contributed by atoms with Crippen molar-refractivity contribution in [3.05, 3.63) is 65.5 Å². The minimum Gasteiger partial charge on any atom is -0.392 e. The van der Waals surface area contributed by atoms with Crippen molar-refractivity contribution < 1.29 is 9.50 Å². The zero-order valence-electron chi connectivity index (χ0n) is 11.6. The molecule has 0 saturated heterocycles. The third-order valence-electron chi connectivity index (χ3n) is 3.16. The minimum absolute atomic E-state index is 0.231. The second kappa shape index (κ2) is 7.46. The van der Waals surface area contributed by atoms with E-state index in [1.807, 2.05) is 0 Å². The molecule has 0 fully saturated rings. The van der Waals surface area contributed by atoms with Crippen molar-refractivity contribution in [2.75, 3.05) is 5.75 Å². The molecule has 0 spiro atoms. The van der Waals surface area contributed by atoms with Crippen molar-refractivity contribution in [2.24, 2.45) is 0 Å². The fraction of sp³-hybridized carbons (Fsp3) is 0.294. The number of halogens is 1. The van der Waals surface area contributed by atoms with Crippen LogP contribution in [0.2, 0.25) is 0 Å². The summed E-state index contributed by atoms with van der Waals surface area (Å²) in [5.74, 6) is 0.382. The summed E-state index contributed by atoms with van der Waals surface area (Å²) >= 11 is 1.55. The molecule has 0 aromatic heterocycles. The highest BCUT2D eigenvalue weighted by Gasteiger charge is 2.07. The van der Waals surface area contributed by atoms with Gasteiger partial charge in [-0.05, 0) is 48.2 Å². The molecule has 1 atom stereocenters. The van der Waals surface area contributed by atoms with Crippen molar-refractivity contribution in [1.82, 2.24) is 0 Å². The standard InChI is InChI=1S/C17H19FOS/c1-2-13-3-5-14(6-4-13)11-16(19)12-20-17-9-7-15(18)8-10-17/h3-10,16,19H,2,11-12H2,1H3. The van der Waals surface area contributed by atoms with Crippen molar-refractivity contribution in [3.63, 3.8) is 0 Å². The third kappa shape index (κ3) is 4.66. The summed E-state index contributed by atoms with van der Waals surface area (Å²) < 4.78 is 12.8. The molecule has 0 aliphatic heterocycles. The number of benzene rings is 2. The van der Waals surface area contributed by atoms with E-state index in [9.17, 15) is 9.50 Å². The van der Waals surface area contributed by atoms with Crippen LogP contribution in [0.15, 0.2) is 53.4 Å². The van der Waals surface area contributed by atoms with Crippen LogP contribution in [0.4, 0.5) is 4.39 Å². The molecule has 2 aromatic rings. The molecular weight excluding hydrogens is 271 g/mol. The normalized spacial score (nSPS) is 12.3. The lowest BCUT2D eigenvalue weighted by Gasteiger charge is -2.11.